The summed E-state index contributed by atoms with van der Waals surface area (Å²) < 4.78 is 6.15. The molecule has 2 atom stereocenters. The van der Waals surface area contributed by atoms with Crippen LogP contribution in [0.2, 0.25) is 0 Å². The van der Waals surface area contributed by atoms with Crippen LogP contribution >= 0.6 is 0 Å². The van der Waals surface area contributed by atoms with E-state index in [0.717, 1.165) is 24.4 Å². The molecule has 18 heavy (non-hydrogen) atoms. The molecule has 104 valence electrons. The van der Waals surface area contributed by atoms with E-state index in [1.807, 2.05) is 0 Å². The smallest absolute Gasteiger partial charge is 0.0575 e. The Labute approximate surface area is 113 Å². The van der Waals surface area contributed by atoms with Crippen LogP contribution in [0.5, 0.6) is 0 Å². The quantitative estimate of drug-likeness (QED) is 0.605. The van der Waals surface area contributed by atoms with Crippen LogP contribution in [0.4, 0.5) is 0 Å². The van der Waals surface area contributed by atoms with Gasteiger partial charge in [-0.15, -0.1) is 6.58 Å². The molecular weight excluding hydrogens is 220 g/mol. The van der Waals surface area contributed by atoms with E-state index in [1.165, 1.54) is 57.8 Å². The van der Waals surface area contributed by atoms with E-state index in [0.29, 0.717) is 6.10 Å². The Kier molecular flexibility index (Phi) is 5.75. The molecule has 2 fully saturated rings. The fourth-order valence-electron chi connectivity index (χ4n) is 3.76. The van der Waals surface area contributed by atoms with E-state index in [4.69, 9.17) is 4.74 Å². The van der Waals surface area contributed by atoms with Gasteiger partial charge in [-0.3, -0.25) is 0 Å². The van der Waals surface area contributed by atoms with E-state index in [9.17, 15) is 0 Å². The normalized spacial score (nSPS) is 36.7. The summed E-state index contributed by atoms with van der Waals surface area (Å²) in [6, 6.07) is 0. The molecule has 0 amide bonds. The molecule has 0 aromatic carbocycles. The number of allylic oxidation sites excluding steroid dienone is 1. The first-order valence-electron chi connectivity index (χ1n) is 8.06. The third-order valence-electron chi connectivity index (χ3n) is 4.97. The van der Waals surface area contributed by atoms with Crippen molar-refractivity contribution in [2.45, 2.75) is 70.8 Å². The summed E-state index contributed by atoms with van der Waals surface area (Å²) >= 11 is 0. The van der Waals surface area contributed by atoms with E-state index in [-0.39, 0.29) is 0 Å². The molecule has 2 aliphatic carbocycles. The highest BCUT2D eigenvalue weighted by Crippen LogP contribution is 2.35. The molecule has 0 bridgehead atoms. The van der Waals surface area contributed by atoms with Crippen LogP contribution in [0, 0.1) is 17.8 Å². The lowest BCUT2D eigenvalue weighted by Crippen LogP contribution is -2.23. The van der Waals surface area contributed by atoms with Crippen molar-refractivity contribution in [2.75, 3.05) is 6.61 Å². The summed E-state index contributed by atoms with van der Waals surface area (Å²) in [6.07, 6.45) is 14.8. The lowest BCUT2D eigenvalue weighted by atomic mass is 9.87. The predicted molar refractivity (Wildman–Crippen MR) is 77.6 cm³/mol. The molecule has 2 rings (SSSR count). The molecule has 1 nitrogen and oxygen atoms in total. The van der Waals surface area contributed by atoms with Crippen LogP contribution in [-0.2, 0) is 4.74 Å². The van der Waals surface area contributed by atoms with Gasteiger partial charge in [-0.05, 0) is 56.3 Å². The molecule has 0 aromatic rings. The molecular formula is C17H30O. The topological polar surface area (TPSA) is 9.23 Å². The van der Waals surface area contributed by atoms with Crippen LogP contribution in [0.15, 0.2) is 12.7 Å². The molecule has 2 aliphatic rings. The Morgan fingerprint density at radius 1 is 1.06 bits per heavy atom. The summed E-state index contributed by atoms with van der Waals surface area (Å²) in [5.41, 5.74) is 0. The van der Waals surface area contributed by atoms with E-state index >= 15 is 0 Å². The average molecular weight is 250 g/mol. The highest BCUT2D eigenvalue weighted by molar-refractivity contribution is 4.84. The minimum Gasteiger partial charge on any atom is -0.378 e. The third-order valence-corrected chi connectivity index (χ3v) is 4.97. The molecule has 0 N–H and O–H groups in total. The van der Waals surface area contributed by atoms with Crippen molar-refractivity contribution in [3.63, 3.8) is 0 Å². The van der Waals surface area contributed by atoms with Crippen molar-refractivity contribution < 1.29 is 4.74 Å². The Morgan fingerprint density at radius 3 is 2.44 bits per heavy atom. The van der Waals surface area contributed by atoms with Crippen molar-refractivity contribution in [2.24, 2.45) is 17.8 Å². The van der Waals surface area contributed by atoms with E-state index in [1.54, 1.807) is 0 Å². The van der Waals surface area contributed by atoms with E-state index < -0.39 is 0 Å². The van der Waals surface area contributed by atoms with E-state index in [2.05, 4.69) is 19.6 Å². The highest BCUT2D eigenvalue weighted by atomic mass is 16.5. The van der Waals surface area contributed by atoms with Gasteiger partial charge in [0.1, 0.15) is 0 Å². The summed E-state index contributed by atoms with van der Waals surface area (Å²) in [6.45, 7) is 7.24. The molecule has 2 saturated carbocycles. The van der Waals surface area contributed by atoms with Gasteiger partial charge in [0.25, 0.3) is 0 Å². The third kappa shape index (κ3) is 4.12. The van der Waals surface area contributed by atoms with Crippen molar-refractivity contribution in [1.29, 1.82) is 0 Å². The lowest BCUT2D eigenvalue weighted by Gasteiger charge is -2.27. The van der Waals surface area contributed by atoms with Gasteiger partial charge >= 0.3 is 0 Å². The van der Waals surface area contributed by atoms with Gasteiger partial charge in [0.2, 0.25) is 0 Å². The molecule has 0 aliphatic heterocycles. The molecule has 0 radical (unpaired) electrons. The van der Waals surface area contributed by atoms with Gasteiger partial charge < -0.3 is 4.74 Å². The van der Waals surface area contributed by atoms with Crippen molar-refractivity contribution in [3.05, 3.63) is 12.7 Å². The summed E-state index contributed by atoms with van der Waals surface area (Å²) in [5, 5.41) is 0. The summed E-state index contributed by atoms with van der Waals surface area (Å²) in [4.78, 5) is 0. The monoisotopic (exact) mass is 250 g/mol. The van der Waals surface area contributed by atoms with Gasteiger partial charge in [-0.25, -0.2) is 0 Å². The minimum absolute atomic E-state index is 0.548. The van der Waals surface area contributed by atoms with Gasteiger partial charge in [0.15, 0.2) is 0 Å². The standard InChI is InChI=1S/C17H30O/c1-3-5-15-6-7-16(12-15)13-18-17-10-8-14(4-2)9-11-17/h4,14-17H,2-3,5-13H2,1H3. The first-order chi connectivity index (χ1) is 8.81. The highest BCUT2D eigenvalue weighted by Gasteiger charge is 2.26. The fourth-order valence-corrected chi connectivity index (χ4v) is 3.76. The van der Waals surface area contributed by atoms with Crippen LogP contribution in [0.3, 0.4) is 0 Å². The van der Waals surface area contributed by atoms with Crippen LogP contribution in [-0.4, -0.2) is 12.7 Å². The average Bonchev–Trinajstić information content (AvgIpc) is 2.85. The summed E-state index contributed by atoms with van der Waals surface area (Å²) in [5.74, 6) is 2.61. The summed E-state index contributed by atoms with van der Waals surface area (Å²) in [7, 11) is 0. The lowest BCUT2D eigenvalue weighted by molar-refractivity contribution is 0.00309. The van der Waals surface area contributed by atoms with Gasteiger partial charge in [0.05, 0.1) is 6.10 Å². The van der Waals surface area contributed by atoms with Gasteiger partial charge in [-0.1, -0.05) is 32.3 Å². The zero-order chi connectivity index (χ0) is 12.8. The largest absolute Gasteiger partial charge is 0.378 e. The maximum Gasteiger partial charge on any atom is 0.0575 e. The maximum absolute atomic E-state index is 6.15. The van der Waals surface area contributed by atoms with Crippen molar-refractivity contribution in [1.82, 2.24) is 0 Å². The van der Waals surface area contributed by atoms with Crippen LogP contribution < -0.4 is 0 Å². The zero-order valence-corrected chi connectivity index (χ0v) is 12.1. The minimum atomic E-state index is 0.548. The fraction of sp³-hybridized carbons (Fsp3) is 0.882. The Balaban J connectivity index is 1.60. The molecule has 0 saturated heterocycles. The maximum atomic E-state index is 6.15. The van der Waals surface area contributed by atoms with Gasteiger partial charge in [0, 0.05) is 6.61 Å². The van der Waals surface area contributed by atoms with Crippen molar-refractivity contribution in [3.8, 4) is 0 Å². The molecule has 0 heterocycles. The second-order valence-corrected chi connectivity index (χ2v) is 6.44. The number of hydrogen-bond acceptors (Lipinski definition) is 1. The second kappa shape index (κ2) is 7.33. The Morgan fingerprint density at radius 2 is 1.78 bits per heavy atom. The Bertz CT molecular complexity index is 240. The van der Waals surface area contributed by atoms with Gasteiger partial charge in [-0.2, -0.15) is 0 Å². The SMILES string of the molecule is C=CC1CCC(OCC2CCC(CCC)C2)CC1. The zero-order valence-electron chi connectivity index (χ0n) is 12.1. The number of rotatable bonds is 6. The predicted octanol–water partition coefficient (Wildman–Crippen LogP) is 4.96. The number of hydrogen-bond donors (Lipinski definition) is 0. The van der Waals surface area contributed by atoms with Crippen LogP contribution in [0.25, 0.3) is 0 Å². The first kappa shape index (κ1) is 14.1. The first-order valence-corrected chi connectivity index (χ1v) is 8.06. The molecule has 0 aromatic heterocycles. The number of ether oxygens (including phenoxy) is 1. The molecule has 1 heteroatoms. The van der Waals surface area contributed by atoms with Crippen LogP contribution in [0.1, 0.15) is 64.7 Å². The van der Waals surface area contributed by atoms with Crippen molar-refractivity contribution >= 4 is 0 Å². The molecule has 2 unspecified atom stereocenters. The molecule has 0 spiro atoms. The second-order valence-electron chi connectivity index (χ2n) is 6.44. The Hall–Kier alpha value is -0.300.